The minimum atomic E-state index is -1.02. The SMILES string of the molecule is CSCCC(NC(=O)OC(C)(C)C)C(=O)N(C1CCC1)C(C(=O)NC(C)C)c1cccc(C)c1O. The van der Waals surface area contributed by atoms with E-state index in [1.165, 1.54) is 0 Å². The molecule has 1 saturated carbocycles. The van der Waals surface area contributed by atoms with Gasteiger partial charge in [0.05, 0.1) is 0 Å². The Hall–Kier alpha value is -2.42. The third kappa shape index (κ3) is 8.05. The van der Waals surface area contributed by atoms with Crippen LogP contribution in [0.1, 0.15) is 77.5 Å². The second-order valence-corrected chi connectivity index (χ2v) is 11.4. The molecule has 0 aromatic heterocycles. The molecule has 2 atom stereocenters. The zero-order chi connectivity index (χ0) is 26.3. The number of aromatic hydroxyl groups is 1. The highest BCUT2D eigenvalue weighted by Crippen LogP contribution is 2.38. The number of hydrogen-bond donors (Lipinski definition) is 3. The van der Waals surface area contributed by atoms with Gasteiger partial charge in [-0.05, 0) is 84.8 Å². The van der Waals surface area contributed by atoms with E-state index in [0.717, 1.165) is 19.3 Å². The molecule has 9 heteroatoms. The molecular weight excluding hydrogens is 466 g/mol. The molecule has 2 unspecified atom stereocenters. The number of alkyl carbamates (subject to hydrolysis) is 1. The van der Waals surface area contributed by atoms with Gasteiger partial charge >= 0.3 is 6.09 Å². The number of phenolic OH excluding ortho intramolecular Hbond substituents is 1. The molecule has 2 rings (SSSR count). The highest BCUT2D eigenvalue weighted by Gasteiger charge is 2.43. The Labute approximate surface area is 213 Å². The van der Waals surface area contributed by atoms with Crippen molar-refractivity contribution < 1.29 is 24.2 Å². The largest absolute Gasteiger partial charge is 0.507 e. The first-order chi connectivity index (χ1) is 16.4. The smallest absolute Gasteiger partial charge is 0.408 e. The maximum atomic E-state index is 14.1. The first-order valence-corrected chi connectivity index (χ1v) is 13.6. The van der Waals surface area contributed by atoms with Crippen molar-refractivity contribution in [2.24, 2.45) is 0 Å². The summed E-state index contributed by atoms with van der Waals surface area (Å²) in [6.07, 6.45) is 4.11. The molecule has 196 valence electrons. The monoisotopic (exact) mass is 507 g/mol. The van der Waals surface area contributed by atoms with Crippen LogP contribution in [0.2, 0.25) is 0 Å². The number of thioether (sulfide) groups is 1. The first kappa shape index (κ1) is 28.8. The zero-order valence-corrected chi connectivity index (χ0v) is 22.8. The van der Waals surface area contributed by atoms with E-state index in [1.807, 2.05) is 20.1 Å². The van der Waals surface area contributed by atoms with Crippen LogP contribution in [0.25, 0.3) is 0 Å². The summed E-state index contributed by atoms with van der Waals surface area (Å²) in [6.45, 7) is 10.8. The normalized spacial score (nSPS) is 15.7. The van der Waals surface area contributed by atoms with Gasteiger partial charge in [-0.25, -0.2) is 4.79 Å². The average molecular weight is 508 g/mol. The Balaban J connectivity index is 2.51. The molecule has 0 saturated heterocycles. The van der Waals surface area contributed by atoms with Crippen LogP contribution < -0.4 is 10.6 Å². The van der Waals surface area contributed by atoms with E-state index in [1.54, 1.807) is 62.6 Å². The molecule has 3 amide bonds. The fraction of sp³-hybridized carbons (Fsp3) is 0.654. The van der Waals surface area contributed by atoms with Crippen LogP contribution in [0.3, 0.4) is 0 Å². The van der Waals surface area contributed by atoms with Crippen molar-refractivity contribution in [3.8, 4) is 5.75 Å². The summed E-state index contributed by atoms with van der Waals surface area (Å²) in [4.78, 5) is 41.8. The van der Waals surface area contributed by atoms with Gasteiger partial charge in [0.1, 0.15) is 23.4 Å². The summed E-state index contributed by atoms with van der Waals surface area (Å²) in [6, 6.07) is 3.02. The zero-order valence-electron chi connectivity index (χ0n) is 22.0. The first-order valence-electron chi connectivity index (χ1n) is 12.2. The lowest BCUT2D eigenvalue weighted by molar-refractivity contribution is -0.147. The Bertz CT molecular complexity index is 895. The van der Waals surface area contributed by atoms with Crippen LogP contribution in [0.4, 0.5) is 4.79 Å². The van der Waals surface area contributed by atoms with Crippen molar-refractivity contribution in [3.63, 3.8) is 0 Å². The number of para-hydroxylation sites is 1. The molecule has 3 N–H and O–H groups in total. The number of benzene rings is 1. The van der Waals surface area contributed by atoms with Crippen molar-refractivity contribution in [3.05, 3.63) is 29.3 Å². The highest BCUT2D eigenvalue weighted by atomic mass is 32.2. The Kier molecular flexibility index (Phi) is 10.3. The van der Waals surface area contributed by atoms with Crippen LogP contribution in [-0.4, -0.2) is 63.6 Å². The quantitative estimate of drug-likeness (QED) is 0.436. The molecule has 0 radical (unpaired) electrons. The number of nitrogens with zero attached hydrogens (tertiary/aromatic N) is 1. The minimum absolute atomic E-state index is 0.00528. The Morgan fingerprint density at radius 3 is 2.37 bits per heavy atom. The summed E-state index contributed by atoms with van der Waals surface area (Å²) >= 11 is 1.57. The van der Waals surface area contributed by atoms with Gasteiger partial charge in [0.2, 0.25) is 11.8 Å². The van der Waals surface area contributed by atoms with Crippen molar-refractivity contribution in [1.29, 1.82) is 0 Å². The summed E-state index contributed by atoms with van der Waals surface area (Å²) < 4.78 is 5.41. The molecule has 8 nitrogen and oxygen atoms in total. The maximum Gasteiger partial charge on any atom is 0.408 e. The van der Waals surface area contributed by atoms with Crippen molar-refractivity contribution >= 4 is 29.7 Å². The molecule has 0 bridgehead atoms. The third-order valence-corrected chi connectivity index (χ3v) is 6.49. The molecule has 1 aliphatic carbocycles. The van der Waals surface area contributed by atoms with E-state index in [0.29, 0.717) is 23.3 Å². The lowest BCUT2D eigenvalue weighted by Crippen LogP contribution is -2.58. The van der Waals surface area contributed by atoms with Crippen molar-refractivity contribution in [2.45, 2.75) is 97.0 Å². The number of phenols is 1. The molecule has 0 aliphatic heterocycles. The lowest BCUT2D eigenvalue weighted by atomic mass is 9.87. The second kappa shape index (κ2) is 12.5. The van der Waals surface area contributed by atoms with Gasteiger partial charge in [0, 0.05) is 17.6 Å². The van der Waals surface area contributed by atoms with E-state index < -0.39 is 23.8 Å². The van der Waals surface area contributed by atoms with Crippen LogP contribution in [0, 0.1) is 6.92 Å². The number of ether oxygens (including phenoxy) is 1. The van der Waals surface area contributed by atoms with Gasteiger partial charge in [-0.3, -0.25) is 9.59 Å². The predicted octanol–water partition coefficient (Wildman–Crippen LogP) is 4.29. The summed E-state index contributed by atoms with van der Waals surface area (Å²) in [5, 5.41) is 16.6. The Morgan fingerprint density at radius 1 is 1.20 bits per heavy atom. The van der Waals surface area contributed by atoms with Gasteiger partial charge < -0.3 is 25.4 Å². The fourth-order valence-corrected chi connectivity index (χ4v) is 4.46. The van der Waals surface area contributed by atoms with Crippen LogP contribution >= 0.6 is 11.8 Å². The molecule has 1 aromatic rings. The molecule has 0 heterocycles. The van der Waals surface area contributed by atoms with E-state index in [9.17, 15) is 19.5 Å². The van der Waals surface area contributed by atoms with Gasteiger partial charge in [-0.1, -0.05) is 18.2 Å². The van der Waals surface area contributed by atoms with Gasteiger partial charge in [0.15, 0.2) is 0 Å². The van der Waals surface area contributed by atoms with Crippen LogP contribution in [0.15, 0.2) is 18.2 Å². The van der Waals surface area contributed by atoms with E-state index in [4.69, 9.17) is 4.74 Å². The number of rotatable bonds is 10. The number of amides is 3. The molecule has 0 spiro atoms. The number of carbonyl (C=O) groups is 3. The number of aryl methyl sites for hydroxylation is 1. The summed E-state index contributed by atoms with van der Waals surface area (Å²) in [5.41, 5.74) is 0.290. The molecular formula is C26H41N3O5S. The summed E-state index contributed by atoms with van der Waals surface area (Å²) in [7, 11) is 0. The van der Waals surface area contributed by atoms with E-state index in [-0.39, 0.29) is 29.6 Å². The average Bonchev–Trinajstić information content (AvgIpc) is 2.69. The van der Waals surface area contributed by atoms with E-state index >= 15 is 0 Å². The maximum absolute atomic E-state index is 14.1. The Morgan fingerprint density at radius 2 is 1.86 bits per heavy atom. The topological polar surface area (TPSA) is 108 Å². The minimum Gasteiger partial charge on any atom is -0.507 e. The van der Waals surface area contributed by atoms with Crippen molar-refractivity contribution in [2.75, 3.05) is 12.0 Å². The van der Waals surface area contributed by atoms with Crippen LogP contribution in [-0.2, 0) is 14.3 Å². The number of nitrogens with one attached hydrogen (secondary N) is 2. The third-order valence-electron chi connectivity index (χ3n) is 5.84. The lowest BCUT2D eigenvalue weighted by Gasteiger charge is -2.44. The molecule has 1 fully saturated rings. The summed E-state index contributed by atoms with van der Waals surface area (Å²) in [5.74, 6) is -0.0701. The second-order valence-electron chi connectivity index (χ2n) is 10.4. The fourth-order valence-electron chi connectivity index (χ4n) is 3.99. The van der Waals surface area contributed by atoms with Crippen molar-refractivity contribution in [1.82, 2.24) is 15.5 Å². The van der Waals surface area contributed by atoms with Gasteiger partial charge in [-0.2, -0.15) is 11.8 Å². The highest BCUT2D eigenvalue weighted by molar-refractivity contribution is 7.98. The van der Waals surface area contributed by atoms with Crippen LogP contribution in [0.5, 0.6) is 5.75 Å². The number of hydrogen-bond acceptors (Lipinski definition) is 6. The number of carbonyl (C=O) groups excluding carboxylic acids is 3. The van der Waals surface area contributed by atoms with Gasteiger partial charge in [-0.15, -0.1) is 0 Å². The molecule has 1 aliphatic rings. The van der Waals surface area contributed by atoms with Gasteiger partial charge in [0.25, 0.3) is 0 Å². The standard InChI is InChI=1S/C26H41N3O5S/c1-16(2)27-23(31)21(19-13-8-10-17(3)22(19)30)29(18-11-9-12-18)24(32)20(14-15-35-7)28-25(33)34-26(4,5)6/h8,10,13,16,18,20-21,30H,9,11-12,14-15H2,1-7H3,(H,27,31)(H,28,33). The van der Waals surface area contributed by atoms with E-state index in [2.05, 4.69) is 10.6 Å². The molecule has 35 heavy (non-hydrogen) atoms. The molecule has 1 aromatic carbocycles. The predicted molar refractivity (Wildman–Crippen MR) is 140 cm³/mol.